The topological polar surface area (TPSA) is 61.8 Å². The summed E-state index contributed by atoms with van der Waals surface area (Å²) in [6.45, 7) is 7.39. The molecule has 0 aromatic rings. The lowest BCUT2D eigenvalue weighted by molar-refractivity contribution is -0.162. The van der Waals surface area contributed by atoms with Gasteiger partial charge in [-0.05, 0) is 103 Å². The minimum Gasteiger partial charge on any atom is -0.462 e. The molecule has 0 aromatic heterocycles. The third kappa shape index (κ3) is 45.5. The molecule has 0 bridgehead atoms. The molecule has 0 rings (SSSR count). The van der Waals surface area contributed by atoms with E-state index in [-0.39, 0.29) is 25.2 Å². The van der Waals surface area contributed by atoms with Crippen molar-refractivity contribution in [3.8, 4) is 0 Å². The summed E-state index contributed by atoms with van der Waals surface area (Å²) < 4.78 is 17.2. The number of rotatable bonds is 42. The van der Waals surface area contributed by atoms with Gasteiger partial charge in [0.25, 0.3) is 0 Å². The number of esters is 2. The van der Waals surface area contributed by atoms with Crippen LogP contribution in [0.15, 0.2) is 97.2 Å². The lowest BCUT2D eigenvalue weighted by atomic mass is 10.1. The van der Waals surface area contributed by atoms with Crippen molar-refractivity contribution in [2.45, 2.75) is 207 Å². The summed E-state index contributed by atoms with van der Waals surface area (Å²) in [7, 11) is 0. The molecule has 1 unspecified atom stereocenters. The zero-order valence-electron chi connectivity index (χ0n) is 37.8. The number of carbonyl (C=O) groups is 2. The molecule has 0 saturated heterocycles. The molecule has 0 heterocycles. The van der Waals surface area contributed by atoms with Gasteiger partial charge in [0.1, 0.15) is 6.61 Å². The van der Waals surface area contributed by atoms with Crippen LogP contribution in [0.4, 0.5) is 0 Å². The van der Waals surface area contributed by atoms with Crippen molar-refractivity contribution in [1.29, 1.82) is 0 Å². The van der Waals surface area contributed by atoms with Gasteiger partial charge in [-0.3, -0.25) is 9.59 Å². The zero-order valence-corrected chi connectivity index (χ0v) is 37.8. The van der Waals surface area contributed by atoms with Gasteiger partial charge in [0, 0.05) is 12.8 Å². The van der Waals surface area contributed by atoms with Crippen LogP contribution >= 0.6 is 0 Å². The van der Waals surface area contributed by atoms with Crippen molar-refractivity contribution in [3.63, 3.8) is 0 Å². The van der Waals surface area contributed by atoms with Crippen LogP contribution < -0.4 is 0 Å². The molecule has 0 amide bonds. The average molecular weight is 805 g/mol. The van der Waals surface area contributed by atoms with Crippen LogP contribution in [0.3, 0.4) is 0 Å². The van der Waals surface area contributed by atoms with E-state index in [1.807, 2.05) is 0 Å². The molecule has 0 aliphatic heterocycles. The maximum atomic E-state index is 12.7. The first-order valence-corrected chi connectivity index (χ1v) is 23.8. The largest absolute Gasteiger partial charge is 0.462 e. The fraction of sp³-hybridized carbons (Fsp3) is 0.660. The lowest BCUT2D eigenvalue weighted by Gasteiger charge is -2.18. The molecule has 330 valence electrons. The lowest BCUT2D eigenvalue weighted by Crippen LogP contribution is -2.30. The summed E-state index contributed by atoms with van der Waals surface area (Å²) in [5.41, 5.74) is 0. The smallest absolute Gasteiger partial charge is 0.306 e. The molecule has 1 atom stereocenters. The maximum absolute atomic E-state index is 12.7. The van der Waals surface area contributed by atoms with Crippen molar-refractivity contribution in [2.24, 2.45) is 0 Å². The SMILES string of the molecule is CC/C=C\C/C=C\C/C=C\C/C=C\C/C=C\CCOCC(COC(=O)CCCCCCC/C=C\C/C=C\CCC)OC(=O)CCCCCCC/C=C\CCCCCC. The molecule has 0 spiro atoms. The maximum Gasteiger partial charge on any atom is 0.306 e. The van der Waals surface area contributed by atoms with Gasteiger partial charge in [-0.15, -0.1) is 0 Å². The first kappa shape index (κ1) is 54.8. The minimum atomic E-state index is -0.589. The Kier molecular flexibility index (Phi) is 45.5. The molecule has 5 heteroatoms. The van der Waals surface area contributed by atoms with Gasteiger partial charge < -0.3 is 14.2 Å². The van der Waals surface area contributed by atoms with Crippen molar-refractivity contribution < 1.29 is 23.8 Å². The van der Waals surface area contributed by atoms with Crippen molar-refractivity contribution in [3.05, 3.63) is 97.2 Å². The van der Waals surface area contributed by atoms with Gasteiger partial charge >= 0.3 is 11.9 Å². The van der Waals surface area contributed by atoms with E-state index in [0.717, 1.165) is 103 Å². The van der Waals surface area contributed by atoms with E-state index < -0.39 is 6.10 Å². The highest BCUT2D eigenvalue weighted by atomic mass is 16.6. The van der Waals surface area contributed by atoms with E-state index >= 15 is 0 Å². The quantitative estimate of drug-likeness (QED) is 0.0349. The normalized spacial score (nSPS) is 13.1. The molecular formula is C53H88O5. The number of ether oxygens (including phenoxy) is 3. The molecule has 0 aliphatic rings. The summed E-state index contributed by atoms with van der Waals surface area (Å²) >= 11 is 0. The second-order valence-electron chi connectivity index (χ2n) is 15.3. The molecule has 0 aromatic carbocycles. The van der Waals surface area contributed by atoms with E-state index in [2.05, 4.69) is 118 Å². The summed E-state index contributed by atoms with van der Waals surface area (Å²) in [6.07, 6.45) is 64.3. The standard InChI is InChI=1S/C53H88O5/c1-4-7-10-13-16-19-22-25-26-27-30-33-36-39-42-45-48-56-49-51(58-53(55)47-44-41-38-35-32-29-24-21-18-15-12-9-6-3)50-57-52(54)46-43-40-37-34-31-28-23-20-17-14-11-8-5-2/h7,10-11,14,16,19-21,23-26,30,33,39,42,51H,4-6,8-9,12-13,15,17-18,22,27-29,31-32,34-38,40-41,43-50H2,1-3H3/b10-7-,14-11-,19-16-,23-20-,24-21-,26-25-,33-30-,42-39-. The highest BCUT2D eigenvalue weighted by molar-refractivity contribution is 5.70. The molecule has 5 nitrogen and oxygen atoms in total. The van der Waals surface area contributed by atoms with E-state index in [1.165, 1.54) is 64.2 Å². The van der Waals surface area contributed by atoms with Crippen molar-refractivity contribution in [1.82, 2.24) is 0 Å². The Morgan fingerprint density at radius 3 is 1.33 bits per heavy atom. The Bertz CT molecular complexity index is 1140. The van der Waals surface area contributed by atoms with Gasteiger partial charge in [-0.1, -0.05) is 182 Å². The molecule has 58 heavy (non-hydrogen) atoms. The van der Waals surface area contributed by atoms with Crippen LogP contribution in [0.2, 0.25) is 0 Å². The fourth-order valence-electron chi connectivity index (χ4n) is 6.08. The molecule has 0 radical (unpaired) electrons. The van der Waals surface area contributed by atoms with Crippen LogP contribution in [0.1, 0.15) is 201 Å². The molecule has 0 fully saturated rings. The Morgan fingerprint density at radius 1 is 0.397 bits per heavy atom. The second kappa shape index (κ2) is 48.2. The zero-order chi connectivity index (χ0) is 42.1. The van der Waals surface area contributed by atoms with E-state index in [9.17, 15) is 9.59 Å². The third-order valence-electron chi connectivity index (χ3n) is 9.57. The summed E-state index contributed by atoms with van der Waals surface area (Å²) in [5.74, 6) is -0.471. The van der Waals surface area contributed by atoms with Crippen molar-refractivity contribution >= 4 is 11.9 Å². The third-order valence-corrected chi connectivity index (χ3v) is 9.57. The Balaban J connectivity index is 4.44. The van der Waals surface area contributed by atoms with Gasteiger partial charge in [-0.25, -0.2) is 0 Å². The van der Waals surface area contributed by atoms with Crippen LogP contribution in [0, 0.1) is 0 Å². The van der Waals surface area contributed by atoms with Crippen LogP contribution in [0.5, 0.6) is 0 Å². The Labute approximate surface area is 358 Å². The first-order chi connectivity index (χ1) is 28.6. The predicted molar refractivity (Wildman–Crippen MR) is 251 cm³/mol. The number of allylic oxidation sites excluding steroid dienone is 15. The Hall–Kier alpha value is -3.18. The fourth-order valence-corrected chi connectivity index (χ4v) is 6.08. The van der Waals surface area contributed by atoms with E-state index in [4.69, 9.17) is 14.2 Å². The Morgan fingerprint density at radius 2 is 0.810 bits per heavy atom. The first-order valence-electron chi connectivity index (χ1n) is 23.8. The average Bonchev–Trinajstić information content (AvgIpc) is 3.22. The number of unbranched alkanes of at least 4 members (excludes halogenated alkanes) is 15. The second-order valence-corrected chi connectivity index (χ2v) is 15.3. The predicted octanol–water partition coefficient (Wildman–Crippen LogP) is 15.9. The molecule has 0 aliphatic carbocycles. The van der Waals surface area contributed by atoms with Gasteiger partial charge in [0.15, 0.2) is 6.10 Å². The van der Waals surface area contributed by atoms with E-state index in [1.54, 1.807) is 0 Å². The van der Waals surface area contributed by atoms with Crippen molar-refractivity contribution in [2.75, 3.05) is 19.8 Å². The van der Waals surface area contributed by atoms with Gasteiger partial charge in [-0.2, -0.15) is 0 Å². The summed E-state index contributed by atoms with van der Waals surface area (Å²) in [6, 6.07) is 0. The number of carbonyl (C=O) groups excluding carboxylic acids is 2. The van der Waals surface area contributed by atoms with Crippen LogP contribution in [0.25, 0.3) is 0 Å². The van der Waals surface area contributed by atoms with Gasteiger partial charge in [0.05, 0.1) is 13.2 Å². The van der Waals surface area contributed by atoms with E-state index in [0.29, 0.717) is 19.4 Å². The van der Waals surface area contributed by atoms with Crippen LogP contribution in [-0.2, 0) is 23.8 Å². The highest BCUT2D eigenvalue weighted by Crippen LogP contribution is 2.12. The summed E-state index contributed by atoms with van der Waals surface area (Å²) in [5, 5.41) is 0. The monoisotopic (exact) mass is 805 g/mol. The number of hydrogen-bond donors (Lipinski definition) is 0. The molecule has 0 N–H and O–H groups in total. The molecule has 0 saturated carbocycles. The molecular weight excluding hydrogens is 717 g/mol. The van der Waals surface area contributed by atoms with Gasteiger partial charge in [0.2, 0.25) is 0 Å². The number of hydrogen-bond acceptors (Lipinski definition) is 5. The van der Waals surface area contributed by atoms with Crippen LogP contribution in [-0.4, -0.2) is 37.9 Å². The minimum absolute atomic E-state index is 0.0400. The summed E-state index contributed by atoms with van der Waals surface area (Å²) in [4.78, 5) is 25.3. The highest BCUT2D eigenvalue weighted by Gasteiger charge is 2.17.